The highest BCUT2D eigenvalue weighted by Crippen LogP contribution is 2.19. The second-order valence-electron chi connectivity index (χ2n) is 6.06. The topological polar surface area (TPSA) is 76.7 Å². The van der Waals surface area contributed by atoms with E-state index in [4.69, 9.17) is 9.47 Å². The van der Waals surface area contributed by atoms with E-state index in [1.54, 1.807) is 32.2 Å². The predicted octanol–water partition coefficient (Wildman–Crippen LogP) is 2.94. The van der Waals surface area contributed by atoms with Crippen LogP contribution in [-0.4, -0.2) is 25.0 Å². The van der Waals surface area contributed by atoms with E-state index in [9.17, 15) is 9.59 Å². The number of hydrazine groups is 1. The zero-order chi connectivity index (χ0) is 19.8. The Balaban J connectivity index is 1.85. The van der Waals surface area contributed by atoms with Gasteiger partial charge in [0.15, 0.2) is 6.10 Å². The molecule has 0 fully saturated rings. The molecule has 0 aromatic heterocycles. The highest BCUT2D eigenvalue weighted by molar-refractivity contribution is 5.93. The van der Waals surface area contributed by atoms with E-state index in [1.807, 2.05) is 44.2 Å². The first-order chi connectivity index (χ1) is 12.9. The van der Waals surface area contributed by atoms with Crippen LogP contribution in [0.1, 0.15) is 23.6 Å². The van der Waals surface area contributed by atoms with Crippen molar-refractivity contribution in [1.29, 1.82) is 0 Å². The Kier molecular flexibility index (Phi) is 7.00. The number of benzene rings is 2. The van der Waals surface area contributed by atoms with E-state index in [0.29, 0.717) is 11.5 Å². The molecule has 0 bridgehead atoms. The smallest absolute Gasteiger partial charge is 0.279 e. The van der Waals surface area contributed by atoms with Crippen molar-refractivity contribution in [2.24, 2.45) is 0 Å². The van der Waals surface area contributed by atoms with Crippen molar-refractivity contribution < 1.29 is 19.1 Å². The first-order valence-corrected chi connectivity index (χ1v) is 8.55. The first-order valence-electron chi connectivity index (χ1n) is 8.55. The van der Waals surface area contributed by atoms with Gasteiger partial charge in [-0.1, -0.05) is 24.3 Å². The third kappa shape index (κ3) is 5.88. The van der Waals surface area contributed by atoms with Crippen LogP contribution in [0.15, 0.2) is 48.5 Å². The van der Waals surface area contributed by atoms with Crippen LogP contribution in [0.3, 0.4) is 0 Å². The molecule has 6 nitrogen and oxygen atoms in total. The van der Waals surface area contributed by atoms with Gasteiger partial charge in [-0.2, -0.15) is 0 Å². The monoisotopic (exact) mass is 368 g/mol. The lowest BCUT2D eigenvalue weighted by Crippen LogP contribution is -2.46. The van der Waals surface area contributed by atoms with Crippen molar-refractivity contribution in [2.45, 2.75) is 26.9 Å². The van der Waals surface area contributed by atoms with E-state index in [-0.39, 0.29) is 0 Å². The lowest BCUT2D eigenvalue weighted by Gasteiger charge is -2.15. The number of carbonyl (C=O) groups excluding carboxylic acids is 2. The quantitative estimate of drug-likeness (QED) is 0.607. The van der Waals surface area contributed by atoms with Crippen LogP contribution in [0.4, 0.5) is 0 Å². The van der Waals surface area contributed by atoms with Gasteiger partial charge in [-0.3, -0.25) is 20.4 Å². The molecule has 1 atom stereocenters. The molecule has 2 rings (SSSR count). The predicted molar refractivity (Wildman–Crippen MR) is 104 cm³/mol. The normalized spacial score (nSPS) is 11.7. The van der Waals surface area contributed by atoms with E-state index in [1.165, 1.54) is 6.08 Å². The Morgan fingerprint density at radius 3 is 2.48 bits per heavy atom. The van der Waals surface area contributed by atoms with Gasteiger partial charge in [0.2, 0.25) is 0 Å². The number of hydrogen-bond donors (Lipinski definition) is 2. The maximum absolute atomic E-state index is 12.1. The van der Waals surface area contributed by atoms with E-state index in [2.05, 4.69) is 10.9 Å². The molecule has 0 saturated carbocycles. The highest BCUT2D eigenvalue weighted by atomic mass is 16.5. The van der Waals surface area contributed by atoms with Crippen LogP contribution in [-0.2, 0) is 9.59 Å². The average molecular weight is 368 g/mol. The lowest BCUT2D eigenvalue weighted by molar-refractivity contribution is -0.131. The van der Waals surface area contributed by atoms with Crippen LogP contribution >= 0.6 is 0 Å². The number of amides is 2. The van der Waals surface area contributed by atoms with Crippen LogP contribution in [0.5, 0.6) is 11.5 Å². The molecule has 0 saturated heterocycles. The first kappa shape index (κ1) is 20.0. The summed E-state index contributed by atoms with van der Waals surface area (Å²) in [5.41, 5.74) is 7.66. The number of hydrogen-bond acceptors (Lipinski definition) is 4. The Morgan fingerprint density at radius 1 is 1.04 bits per heavy atom. The molecule has 2 aromatic rings. The number of aryl methyl sites for hydroxylation is 2. The number of nitrogens with one attached hydrogen (secondary N) is 2. The van der Waals surface area contributed by atoms with Crippen LogP contribution in [0.25, 0.3) is 6.08 Å². The maximum Gasteiger partial charge on any atom is 0.279 e. The second kappa shape index (κ2) is 9.43. The molecule has 1 unspecified atom stereocenters. The summed E-state index contributed by atoms with van der Waals surface area (Å²) in [7, 11) is 1.56. The SMILES string of the molecule is COc1ccccc1/C=C/C(=O)NNC(=O)C(C)Oc1ccc(C)c(C)c1. The molecule has 2 amide bonds. The molecule has 142 valence electrons. The Bertz CT molecular complexity index is 846. The van der Waals surface area contributed by atoms with Crippen molar-refractivity contribution in [3.05, 3.63) is 65.2 Å². The molecule has 6 heteroatoms. The molecule has 0 aliphatic carbocycles. The molecule has 0 aliphatic heterocycles. The molecule has 0 radical (unpaired) electrons. The number of methoxy groups -OCH3 is 1. The maximum atomic E-state index is 12.1. The summed E-state index contributed by atoms with van der Waals surface area (Å²) in [6, 6.07) is 12.9. The number of ether oxygens (including phenoxy) is 2. The second-order valence-corrected chi connectivity index (χ2v) is 6.06. The summed E-state index contributed by atoms with van der Waals surface area (Å²) in [5, 5.41) is 0. The zero-order valence-corrected chi connectivity index (χ0v) is 15.9. The van der Waals surface area contributed by atoms with Gasteiger partial charge in [0.25, 0.3) is 11.8 Å². The van der Waals surface area contributed by atoms with E-state index < -0.39 is 17.9 Å². The van der Waals surface area contributed by atoms with Gasteiger partial charge in [0.05, 0.1) is 7.11 Å². The molecule has 0 spiro atoms. The minimum Gasteiger partial charge on any atom is -0.496 e. The molecule has 27 heavy (non-hydrogen) atoms. The van der Waals surface area contributed by atoms with Gasteiger partial charge in [0.1, 0.15) is 11.5 Å². The Hall–Kier alpha value is -3.28. The van der Waals surface area contributed by atoms with Crippen LogP contribution < -0.4 is 20.3 Å². The summed E-state index contributed by atoms with van der Waals surface area (Å²) < 4.78 is 10.8. The molecule has 2 N–H and O–H groups in total. The van der Waals surface area contributed by atoms with Gasteiger partial charge >= 0.3 is 0 Å². The largest absolute Gasteiger partial charge is 0.496 e. The lowest BCUT2D eigenvalue weighted by atomic mass is 10.1. The van der Waals surface area contributed by atoms with Crippen molar-refractivity contribution in [3.8, 4) is 11.5 Å². The van der Waals surface area contributed by atoms with Gasteiger partial charge in [-0.15, -0.1) is 0 Å². The van der Waals surface area contributed by atoms with E-state index >= 15 is 0 Å². The standard InChI is InChI=1S/C21H24N2O4/c1-14-9-11-18(13-15(14)2)27-16(3)21(25)23-22-20(24)12-10-17-7-5-6-8-19(17)26-4/h5-13,16H,1-4H3,(H,22,24)(H,23,25)/b12-10+. The Labute approximate surface area is 159 Å². The van der Waals surface area contributed by atoms with Gasteiger partial charge in [0, 0.05) is 11.6 Å². The van der Waals surface area contributed by atoms with Gasteiger partial charge in [-0.05, 0) is 56.2 Å². The minimum atomic E-state index is -0.759. The summed E-state index contributed by atoms with van der Waals surface area (Å²) in [4.78, 5) is 24.0. The molecule has 0 heterocycles. The molecular weight excluding hydrogens is 344 g/mol. The van der Waals surface area contributed by atoms with Gasteiger partial charge < -0.3 is 9.47 Å². The average Bonchev–Trinajstić information content (AvgIpc) is 2.67. The Morgan fingerprint density at radius 2 is 1.78 bits per heavy atom. The van der Waals surface area contributed by atoms with Crippen molar-refractivity contribution in [2.75, 3.05) is 7.11 Å². The number of rotatable bonds is 6. The molecule has 2 aromatic carbocycles. The third-order valence-corrected chi connectivity index (χ3v) is 4.02. The number of carbonyl (C=O) groups is 2. The molecular formula is C21H24N2O4. The highest BCUT2D eigenvalue weighted by Gasteiger charge is 2.15. The van der Waals surface area contributed by atoms with Gasteiger partial charge in [-0.25, -0.2) is 0 Å². The van der Waals surface area contributed by atoms with Crippen molar-refractivity contribution in [3.63, 3.8) is 0 Å². The van der Waals surface area contributed by atoms with E-state index in [0.717, 1.165) is 16.7 Å². The summed E-state index contributed by atoms with van der Waals surface area (Å²) in [5.74, 6) is 0.337. The summed E-state index contributed by atoms with van der Waals surface area (Å²) >= 11 is 0. The van der Waals surface area contributed by atoms with Crippen LogP contribution in [0, 0.1) is 13.8 Å². The zero-order valence-electron chi connectivity index (χ0n) is 15.9. The molecule has 0 aliphatic rings. The number of para-hydroxylation sites is 1. The minimum absolute atomic E-state index is 0.452. The fourth-order valence-electron chi connectivity index (χ4n) is 2.28. The third-order valence-electron chi connectivity index (χ3n) is 4.02. The summed E-state index contributed by atoms with van der Waals surface area (Å²) in [6.45, 7) is 5.59. The van der Waals surface area contributed by atoms with Crippen LogP contribution in [0.2, 0.25) is 0 Å². The fourth-order valence-corrected chi connectivity index (χ4v) is 2.28. The van der Waals surface area contributed by atoms with Crippen molar-refractivity contribution in [1.82, 2.24) is 10.9 Å². The fraction of sp³-hybridized carbons (Fsp3) is 0.238. The van der Waals surface area contributed by atoms with Crippen molar-refractivity contribution >= 4 is 17.9 Å². The summed E-state index contributed by atoms with van der Waals surface area (Å²) in [6.07, 6.45) is 2.16.